The molecule has 1 aliphatic heterocycles. The fourth-order valence-corrected chi connectivity index (χ4v) is 4.40. The van der Waals surface area contributed by atoms with E-state index in [0.29, 0.717) is 15.9 Å². The predicted molar refractivity (Wildman–Crippen MR) is 135 cm³/mol. The highest BCUT2D eigenvalue weighted by Crippen LogP contribution is 2.35. The number of pyridine rings is 1. The molecule has 2 heterocycles. The number of anilines is 3. The molecule has 34 heavy (non-hydrogen) atoms. The molecule has 0 fully saturated rings. The molecule has 176 valence electrons. The number of rotatable bonds is 5. The van der Waals surface area contributed by atoms with Crippen molar-refractivity contribution in [2.45, 2.75) is 19.8 Å². The van der Waals surface area contributed by atoms with Gasteiger partial charge < -0.3 is 20.7 Å². The molecule has 0 saturated carbocycles. The molecular formula is C24H22FIN4O4. The van der Waals surface area contributed by atoms with Crippen molar-refractivity contribution in [2.24, 2.45) is 12.8 Å². The SMILES string of the molecule is CC(=O)N1CCCc2cc(Oc3cc(=O)n(C)c(Nc4ccc(I)cc4F)c3C(N)=O)ccc21. The van der Waals surface area contributed by atoms with Gasteiger partial charge in [-0.2, -0.15) is 0 Å². The lowest BCUT2D eigenvalue weighted by Gasteiger charge is -2.29. The van der Waals surface area contributed by atoms with Crippen molar-refractivity contribution < 1.29 is 18.7 Å². The van der Waals surface area contributed by atoms with Crippen LogP contribution in [0.3, 0.4) is 0 Å². The van der Waals surface area contributed by atoms with Gasteiger partial charge in [0.2, 0.25) is 5.91 Å². The number of hydrogen-bond donors (Lipinski definition) is 2. The van der Waals surface area contributed by atoms with Crippen molar-refractivity contribution >= 4 is 51.6 Å². The molecule has 0 aliphatic carbocycles. The van der Waals surface area contributed by atoms with E-state index in [0.717, 1.165) is 30.2 Å². The van der Waals surface area contributed by atoms with Crippen LogP contribution in [0.1, 0.15) is 29.3 Å². The summed E-state index contributed by atoms with van der Waals surface area (Å²) < 4.78 is 22.3. The summed E-state index contributed by atoms with van der Waals surface area (Å²) in [5.74, 6) is -1.10. The molecular weight excluding hydrogens is 554 g/mol. The van der Waals surface area contributed by atoms with Crippen LogP contribution in [0.2, 0.25) is 0 Å². The van der Waals surface area contributed by atoms with Gasteiger partial charge in [-0.15, -0.1) is 0 Å². The van der Waals surface area contributed by atoms with E-state index in [4.69, 9.17) is 10.5 Å². The van der Waals surface area contributed by atoms with E-state index >= 15 is 0 Å². The summed E-state index contributed by atoms with van der Waals surface area (Å²) in [5, 5.41) is 2.81. The van der Waals surface area contributed by atoms with Gasteiger partial charge in [-0.1, -0.05) is 0 Å². The summed E-state index contributed by atoms with van der Waals surface area (Å²) in [6, 6.07) is 10.9. The van der Waals surface area contributed by atoms with Gasteiger partial charge in [0.1, 0.15) is 28.7 Å². The van der Waals surface area contributed by atoms with Gasteiger partial charge in [-0.05, 0) is 77.4 Å². The zero-order chi connectivity index (χ0) is 24.6. The molecule has 10 heteroatoms. The first-order valence-corrected chi connectivity index (χ1v) is 11.6. The zero-order valence-corrected chi connectivity index (χ0v) is 20.7. The minimum absolute atomic E-state index is 0.0100. The van der Waals surface area contributed by atoms with Crippen molar-refractivity contribution in [1.82, 2.24) is 4.57 Å². The number of aromatic nitrogens is 1. The number of ether oxygens (including phenoxy) is 1. The largest absolute Gasteiger partial charge is 0.456 e. The molecule has 2 amide bonds. The van der Waals surface area contributed by atoms with Gasteiger partial charge >= 0.3 is 0 Å². The number of carbonyl (C=O) groups is 2. The van der Waals surface area contributed by atoms with Crippen molar-refractivity contribution in [1.29, 1.82) is 0 Å². The van der Waals surface area contributed by atoms with Gasteiger partial charge in [0, 0.05) is 35.8 Å². The molecule has 2 aromatic carbocycles. The van der Waals surface area contributed by atoms with Crippen LogP contribution in [-0.4, -0.2) is 22.9 Å². The minimum Gasteiger partial charge on any atom is -0.456 e. The number of aryl methyl sites for hydroxylation is 1. The van der Waals surface area contributed by atoms with Gasteiger partial charge in [-0.3, -0.25) is 19.0 Å². The van der Waals surface area contributed by atoms with Crippen molar-refractivity contribution in [3.63, 3.8) is 0 Å². The maximum atomic E-state index is 14.5. The first kappa shape index (κ1) is 23.7. The third-order valence-corrected chi connectivity index (χ3v) is 6.28. The Morgan fingerprint density at radius 1 is 1.18 bits per heavy atom. The lowest BCUT2D eigenvalue weighted by molar-refractivity contribution is -0.116. The third kappa shape index (κ3) is 4.63. The second-order valence-corrected chi connectivity index (χ2v) is 9.16. The topological polar surface area (TPSA) is 107 Å². The standard InChI is InChI=1S/C24H22FIN4O4/c1-13(31)30-9-3-4-14-10-16(6-8-19(14)30)34-20-12-21(32)29(2)24(22(20)23(27)33)28-18-7-5-15(26)11-17(18)25/h5-8,10-12,28H,3-4,9H2,1-2H3,(H2,27,33). The minimum atomic E-state index is -0.847. The van der Waals surface area contributed by atoms with E-state index in [1.54, 1.807) is 29.2 Å². The summed E-state index contributed by atoms with van der Waals surface area (Å²) in [7, 11) is 1.45. The molecule has 0 atom stereocenters. The van der Waals surface area contributed by atoms with Crippen LogP contribution in [0.15, 0.2) is 47.3 Å². The fourth-order valence-electron chi connectivity index (χ4n) is 3.95. The Kier molecular flexibility index (Phi) is 6.60. The van der Waals surface area contributed by atoms with E-state index in [1.165, 1.54) is 30.7 Å². The highest BCUT2D eigenvalue weighted by atomic mass is 127. The quantitative estimate of drug-likeness (QED) is 0.446. The molecule has 1 aromatic heterocycles. The third-order valence-electron chi connectivity index (χ3n) is 5.61. The van der Waals surface area contributed by atoms with Gasteiger partial charge in [0.15, 0.2) is 0 Å². The first-order valence-electron chi connectivity index (χ1n) is 10.5. The van der Waals surface area contributed by atoms with Crippen LogP contribution < -0.4 is 26.2 Å². The number of fused-ring (bicyclic) bond motifs is 1. The monoisotopic (exact) mass is 576 g/mol. The molecule has 3 aromatic rings. The number of nitrogens with one attached hydrogen (secondary N) is 1. The molecule has 3 N–H and O–H groups in total. The Bertz CT molecular complexity index is 1370. The number of nitrogens with zero attached hydrogens (tertiary/aromatic N) is 2. The Labute approximate surface area is 208 Å². The maximum Gasteiger partial charge on any atom is 0.256 e. The molecule has 1 aliphatic rings. The molecule has 0 unspecified atom stereocenters. The number of primary amides is 1. The van der Waals surface area contributed by atoms with Crippen molar-refractivity contribution in [3.8, 4) is 11.5 Å². The van der Waals surface area contributed by atoms with Crippen molar-refractivity contribution in [2.75, 3.05) is 16.8 Å². The zero-order valence-electron chi connectivity index (χ0n) is 18.5. The number of carbonyl (C=O) groups excluding carboxylic acids is 2. The Hall–Kier alpha value is -3.41. The van der Waals surface area contributed by atoms with E-state index in [-0.39, 0.29) is 28.7 Å². The summed E-state index contributed by atoms with van der Waals surface area (Å²) in [6.45, 7) is 2.16. The Balaban J connectivity index is 1.76. The molecule has 0 radical (unpaired) electrons. The number of nitrogens with two attached hydrogens (primary N) is 1. The van der Waals surface area contributed by atoms with E-state index in [1.807, 2.05) is 22.6 Å². The Morgan fingerprint density at radius 3 is 2.62 bits per heavy atom. The lowest BCUT2D eigenvalue weighted by Crippen LogP contribution is -2.33. The predicted octanol–water partition coefficient (Wildman–Crippen LogP) is 4.06. The summed E-state index contributed by atoms with van der Waals surface area (Å²) in [5.41, 5.74) is 6.88. The fraction of sp³-hybridized carbons (Fsp3) is 0.208. The van der Waals surface area contributed by atoms with Crippen LogP contribution in [0.5, 0.6) is 11.5 Å². The molecule has 0 saturated heterocycles. The molecule has 0 bridgehead atoms. The smallest absolute Gasteiger partial charge is 0.256 e. The average Bonchev–Trinajstić information content (AvgIpc) is 2.77. The number of halogens is 2. The number of benzene rings is 2. The summed E-state index contributed by atoms with van der Waals surface area (Å²) >= 11 is 1.98. The van der Waals surface area contributed by atoms with Crippen LogP contribution >= 0.6 is 22.6 Å². The normalized spacial score (nSPS) is 12.8. The summed E-state index contributed by atoms with van der Waals surface area (Å²) in [4.78, 5) is 38.7. The Morgan fingerprint density at radius 2 is 1.94 bits per heavy atom. The summed E-state index contributed by atoms with van der Waals surface area (Å²) in [6.07, 6.45) is 1.57. The number of hydrogen-bond acceptors (Lipinski definition) is 5. The van der Waals surface area contributed by atoms with E-state index < -0.39 is 17.3 Å². The van der Waals surface area contributed by atoms with Gasteiger partial charge in [-0.25, -0.2) is 4.39 Å². The van der Waals surface area contributed by atoms with Crippen LogP contribution in [0.4, 0.5) is 21.6 Å². The second kappa shape index (κ2) is 9.45. The second-order valence-electron chi connectivity index (χ2n) is 7.91. The van der Waals surface area contributed by atoms with E-state index in [2.05, 4.69) is 5.32 Å². The molecule has 8 nitrogen and oxygen atoms in total. The van der Waals surface area contributed by atoms with Crippen LogP contribution in [0, 0.1) is 9.39 Å². The van der Waals surface area contributed by atoms with Crippen LogP contribution in [0.25, 0.3) is 0 Å². The molecule has 0 spiro atoms. The first-order chi connectivity index (χ1) is 16.2. The van der Waals surface area contributed by atoms with Gasteiger partial charge in [0.05, 0.1) is 5.69 Å². The van der Waals surface area contributed by atoms with Gasteiger partial charge in [0.25, 0.3) is 11.5 Å². The molecule has 4 rings (SSSR count). The van der Waals surface area contributed by atoms with Crippen molar-refractivity contribution in [3.05, 3.63) is 73.3 Å². The number of amides is 2. The highest BCUT2D eigenvalue weighted by Gasteiger charge is 2.24. The maximum absolute atomic E-state index is 14.5. The average molecular weight is 576 g/mol. The van der Waals surface area contributed by atoms with E-state index in [9.17, 15) is 18.8 Å². The van der Waals surface area contributed by atoms with Crippen LogP contribution in [-0.2, 0) is 18.3 Å². The lowest BCUT2D eigenvalue weighted by atomic mass is 10.0. The highest BCUT2D eigenvalue weighted by molar-refractivity contribution is 14.1.